The number of hydrogen-bond acceptors (Lipinski definition) is 6. The molecule has 0 bridgehead atoms. The summed E-state index contributed by atoms with van der Waals surface area (Å²) in [6, 6.07) is 6.97. The average molecular weight is 374 g/mol. The molecule has 0 aliphatic heterocycles. The highest BCUT2D eigenvalue weighted by atomic mass is 32.1. The summed E-state index contributed by atoms with van der Waals surface area (Å²) < 4.78 is 20.2. The number of nitrogens with one attached hydrogen (secondary N) is 1. The van der Waals surface area contributed by atoms with E-state index < -0.39 is 17.3 Å². The Morgan fingerprint density at radius 2 is 2.15 bits per heavy atom. The van der Waals surface area contributed by atoms with Gasteiger partial charge in [0.05, 0.1) is 18.5 Å². The summed E-state index contributed by atoms with van der Waals surface area (Å²) in [5.74, 6) is -0.608. The molecule has 2 heterocycles. The van der Waals surface area contributed by atoms with E-state index in [0.717, 1.165) is 10.4 Å². The molecule has 3 aromatic rings. The van der Waals surface area contributed by atoms with Gasteiger partial charge < -0.3 is 10.1 Å². The summed E-state index contributed by atoms with van der Waals surface area (Å²) in [6.07, 6.45) is 0. The van der Waals surface area contributed by atoms with Crippen molar-refractivity contribution in [3.8, 4) is 17.0 Å². The van der Waals surface area contributed by atoms with E-state index in [1.807, 2.05) is 6.92 Å². The van der Waals surface area contributed by atoms with Gasteiger partial charge in [-0.25, -0.2) is 14.1 Å². The van der Waals surface area contributed by atoms with Gasteiger partial charge in [0.15, 0.2) is 5.13 Å². The van der Waals surface area contributed by atoms with Gasteiger partial charge in [-0.3, -0.25) is 9.59 Å². The van der Waals surface area contributed by atoms with Gasteiger partial charge in [-0.05, 0) is 25.1 Å². The fourth-order valence-corrected chi connectivity index (χ4v) is 2.95. The van der Waals surface area contributed by atoms with E-state index in [2.05, 4.69) is 15.4 Å². The summed E-state index contributed by atoms with van der Waals surface area (Å²) in [7, 11) is 1.44. The minimum absolute atomic E-state index is 0.204. The Kier molecular flexibility index (Phi) is 5.08. The van der Waals surface area contributed by atoms with E-state index in [0.29, 0.717) is 10.9 Å². The normalized spacial score (nSPS) is 10.6. The van der Waals surface area contributed by atoms with E-state index in [1.54, 1.807) is 11.4 Å². The number of aryl methyl sites for hydroxylation is 1. The number of thiazole rings is 1. The fraction of sp³-hybridized carbons (Fsp3) is 0.176. The van der Waals surface area contributed by atoms with Gasteiger partial charge in [-0.1, -0.05) is 0 Å². The number of carbonyl (C=O) groups excluding carboxylic acids is 1. The van der Waals surface area contributed by atoms with Gasteiger partial charge in [0.25, 0.3) is 5.56 Å². The second-order valence-corrected chi connectivity index (χ2v) is 6.26. The van der Waals surface area contributed by atoms with Crippen LogP contribution < -0.4 is 15.6 Å². The first-order valence-electron chi connectivity index (χ1n) is 7.60. The summed E-state index contributed by atoms with van der Waals surface area (Å²) >= 11 is 1.29. The molecule has 0 aliphatic rings. The predicted octanol–water partition coefficient (Wildman–Crippen LogP) is 2.46. The number of methoxy groups -OCH3 is 1. The van der Waals surface area contributed by atoms with Crippen LogP contribution in [0.5, 0.6) is 5.75 Å². The van der Waals surface area contributed by atoms with Crippen LogP contribution in [-0.2, 0) is 11.3 Å². The zero-order valence-electron chi connectivity index (χ0n) is 14.0. The van der Waals surface area contributed by atoms with Crippen LogP contribution in [0.25, 0.3) is 11.3 Å². The lowest BCUT2D eigenvalue weighted by Crippen LogP contribution is -2.29. The molecule has 26 heavy (non-hydrogen) atoms. The topological polar surface area (TPSA) is 86.1 Å². The van der Waals surface area contributed by atoms with Crippen molar-refractivity contribution < 1.29 is 13.9 Å². The lowest BCUT2D eigenvalue weighted by molar-refractivity contribution is -0.117. The molecule has 9 heteroatoms. The fourth-order valence-electron chi connectivity index (χ4n) is 2.24. The predicted molar refractivity (Wildman–Crippen MR) is 95.9 cm³/mol. The monoisotopic (exact) mass is 374 g/mol. The first-order valence-corrected chi connectivity index (χ1v) is 8.48. The van der Waals surface area contributed by atoms with Gasteiger partial charge in [0, 0.05) is 23.1 Å². The molecule has 1 amide bonds. The minimum atomic E-state index is -0.537. The molecule has 0 fully saturated rings. The van der Waals surface area contributed by atoms with Gasteiger partial charge in [-0.15, -0.1) is 11.3 Å². The van der Waals surface area contributed by atoms with Crippen molar-refractivity contribution in [3.63, 3.8) is 0 Å². The number of anilines is 1. The second-order valence-electron chi connectivity index (χ2n) is 5.40. The van der Waals surface area contributed by atoms with E-state index in [1.165, 1.54) is 42.7 Å². The molecule has 7 nitrogen and oxygen atoms in total. The number of aromatic nitrogens is 3. The standard InChI is InChI=1S/C17H15FN4O3S/c1-10-9-26-17(19-10)20-15(23)8-22-16(24)6-5-14(21-22)12-4-3-11(25-2)7-13(12)18/h3-7,9H,8H2,1-2H3,(H,19,20,23). The van der Waals surface area contributed by atoms with Crippen LogP contribution in [0, 0.1) is 12.7 Å². The largest absolute Gasteiger partial charge is 0.497 e. The molecule has 0 aliphatic carbocycles. The SMILES string of the molecule is COc1ccc(-c2ccc(=O)n(CC(=O)Nc3nc(C)cs3)n2)c(F)c1. The number of halogens is 1. The first-order chi connectivity index (χ1) is 12.5. The molecule has 0 unspecified atom stereocenters. The van der Waals surface area contributed by atoms with Crippen molar-refractivity contribution in [2.24, 2.45) is 0 Å². The molecule has 1 N–H and O–H groups in total. The van der Waals surface area contributed by atoms with Crippen LogP contribution in [0.2, 0.25) is 0 Å². The quantitative estimate of drug-likeness (QED) is 0.741. The van der Waals surface area contributed by atoms with Crippen molar-refractivity contribution in [2.45, 2.75) is 13.5 Å². The maximum absolute atomic E-state index is 14.2. The van der Waals surface area contributed by atoms with E-state index in [4.69, 9.17) is 4.74 Å². The Labute approximate surface area is 152 Å². The summed E-state index contributed by atoms with van der Waals surface area (Å²) in [6.45, 7) is 1.51. The second kappa shape index (κ2) is 7.44. The number of rotatable bonds is 5. The van der Waals surface area contributed by atoms with Crippen LogP contribution in [-0.4, -0.2) is 27.8 Å². The van der Waals surface area contributed by atoms with Crippen LogP contribution in [0.4, 0.5) is 9.52 Å². The molecule has 134 valence electrons. The highest BCUT2D eigenvalue weighted by Crippen LogP contribution is 2.24. The summed E-state index contributed by atoms with van der Waals surface area (Å²) in [5, 5.41) is 8.93. The Bertz CT molecular complexity index is 1020. The molecule has 3 rings (SSSR count). The van der Waals surface area contributed by atoms with Crippen molar-refractivity contribution in [1.82, 2.24) is 14.8 Å². The van der Waals surface area contributed by atoms with Gasteiger partial charge in [-0.2, -0.15) is 5.10 Å². The minimum Gasteiger partial charge on any atom is -0.497 e. The maximum atomic E-state index is 14.2. The van der Waals surface area contributed by atoms with Gasteiger partial charge >= 0.3 is 0 Å². The van der Waals surface area contributed by atoms with E-state index >= 15 is 0 Å². The molecule has 0 saturated carbocycles. The Morgan fingerprint density at radius 1 is 1.35 bits per heavy atom. The van der Waals surface area contributed by atoms with Gasteiger partial charge in [0.1, 0.15) is 18.1 Å². The average Bonchev–Trinajstić information content (AvgIpc) is 3.01. The van der Waals surface area contributed by atoms with E-state index in [9.17, 15) is 14.0 Å². The zero-order chi connectivity index (χ0) is 18.7. The molecular weight excluding hydrogens is 359 g/mol. The molecular formula is C17H15FN4O3S. The highest BCUT2D eigenvalue weighted by molar-refractivity contribution is 7.13. The van der Waals surface area contributed by atoms with Crippen LogP contribution >= 0.6 is 11.3 Å². The third-order valence-corrected chi connectivity index (χ3v) is 4.35. The Morgan fingerprint density at radius 3 is 2.81 bits per heavy atom. The van der Waals surface area contributed by atoms with E-state index in [-0.39, 0.29) is 17.8 Å². The Hall–Kier alpha value is -3.07. The molecule has 0 spiro atoms. The number of hydrogen-bond donors (Lipinski definition) is 1. The number of amides is 1. The number of ether oxygens (including phenoxy) is 1. The number of carbonyl (C=O) groups is 1. The van der Waals surface area contributed by atoms with Crippen molar-refractivity contribution in [3.05, 3.63) is 57.6 Å². The van der Waals surface area contributed by atoms with Crippen molar-refractivity contribution in [1.29, 1.82) is 0 Å². The molecule has 2 aromatic heterocycles. The van der Waals surface area contributed by atoms with Crippen LogP contribution in [0.15, 0.2) is 40.5 Å². The third-order valence-electron chi connectivity index (χ3n) is 3.48. The van der Waals surface area contributed by atoms with Gasteiger partial charge in [0.2, 0.25) is 5.91 Å². The maximum Gasteiger partial charge on any atom is 0.267 e. The van der Waals surface area contributed by atoms with Crippen molar-refractivity contribution in [2.75, 3.05) is 12.4 Å². The smallest absolute Gasteiger partial charge is 0.267 e. The lowest BCUT2D eigenvalue weighted by Gasteiger charge is -2.08. The van der Waals surface area contributed by atoms with Crippen molar-refractivity contribution >= 4 is 22.4 Å². The van der Waals surface area contributed by atoms with Crippen LogP contribution in [0.3, 0.4) is 0 Å². The molecule has 0 radical (unpaired) electrons. The lowest BCUT2D eigenvalue weighted by atomic mass is 10.1. The zero-order valence-corrected chi connectivity index (χ0v) is 14.8. The first kappa shape index (κ1) is 17.7. The summed E-state index contributed by atoms with van der Waals surface area (Å²) in [5.41, 5.74) is 0.767. The number of nitrogens with zero attached hydrogens (tertiary/aromatic N) is 3. The van der Waals surface area contributed by atoms with Crippen LogP contribution in [0.1, 0.15) is 5.69 Å². The molecule has 1 aromatic carbocycles. The highest BCUT2D eigenvalue weighted by Gasteiger charge is 2.12. The number of benzene rings is 1. The molecule has 0 atom stereocenters. The third kappa shape index (κ3) is 3.94. The molecule has 0 saturated heterocycles. The Balaban J connectivity index is 1.83. The summed E-state index contributed by atoms with van der Waals surface area (Å²) in [4.78, 5) is 28.2.